The summed E-state index contributed by atoms with van der Waals surface area (Å²) >= 11 is 6.14. The number of aromatic nitrogens is 1. The van der Waals surface area contributed by atoms with Gasteiger partial charge in [-0.3, -0.25) is 9.69 Å². The van der Waals surface area contributed by atoms with E-state index in [2.05, 4.69) is 9.88 Å². The molecule has 0 spiro atoms. The summed E-state index contributed by atoms with van der Waals surface area (Å²) in [5.74, 6) is 1.75. The summed E-state index contributed by atoms with van der Waals surface area (Å²) in [5.41, 5.74) is 1.83. The van der Waals surface area contributed by atoms with Crippen molar-refractivity contribution in [3.8, 4) is 0 Å². The maximum absolute atomic E-state index is 12.5. The molecule has 0 N–H and O–H groups in total. The van der Waals surface area contributed by atoms with Crippen LogP contribution in [0, 0.1) is 13.8 Å². The van der Waals surface area contributed by atoms with Crippen molar-refractivity contribution in [2.75, 3.05) is 26.2 Å². The van der Waals surface area contributed by atoms with Gasteiger partial charge in [-0.15, -0.1) is 0 Å². The lowest BCUT2D eigenvalue weighted by Gasteiger charge is -2.34. The normalized spacial score (nSPS) is 15.7. The van der Waals surface area contributed by atoms with Crippen molar-refractivity contribution < 1.29 is 9.21 Å². The third-order valence-corrected chi connectivity index (χ3v) is 4.82. The van der Waals surface area contributed by atoms with Gasteiger partial charge in [0, 0.05) is 31.2 Å². The molecule has 2 heterocycles. The number of rotatable bonds is 4. The van der Waals surface area contributed by atoms with Gasteiger partial charge in [0.05, 0.1) is 18.7 Å². The largest absolute Gasteiger partial charge is 0.444 e. The number of amides is 1. The Hall–Kier alpha value is -1.85. The Morgan fingerprint density at radius 3 is 2.54 bits per heavy atom. The highest BCUT2D eigenvalue weighted by Crippen LogP contribution is 2.17. The minimum absolute atomic E-state index is 0.130. The number of carbonyl (C=O) groups excluding carboxylic acids is 1. The number of hydrogen-bond donors (Lipinski definition) is 0. The van der Waals surface area contributed by atoms with Crippen LogP contribution in [0.1, 0.15) is 22.9 Å². The van der Waals surface area contributed by atoms with Crippen LogP contribution in [-0.4, -0.2) is 46.9 Å². The van der Waals surface area contributed by atoms with Crippen molar-refractivity contribution in [3.05, 3.63) is 52.2 Å². The van der Waals surface area contributed by atoms with Gasteiger partial charge in [0.1, 0.15) is 5.76 Å². The highest BCUT2D eigenvalue weighted by molar-refractivity contribution is 6.31. The molecule has 0 atom stereocenters. The first kappa shape index (κ1) is 17.0. The van der Waals surface area contributed by atoms with Crippen LogP contribution in [0.2, 0.25) is 5.02 Å². The average molecular weight is 348 g/mol. The summed E-state index contributed by atoms with van der Waals surface area (Å²) in [4.78, 5) is 21.0. The molecule has 2 aromatic rings. The van der Waals surface area contributed by atoms with E-state index in [9.17, 15) is 4.79 Å². The molecular weight excluding hydrogens is 326 g/mol. The SMILES string of the molecule is Cc1nc(CN2CCN(C(=O)Cc3ccccc3Cl)CC2)oc1C. The predicted molar refractivity (Wildman–Crippen MR) is 93.0 cm³/mol. The van der Waals surface area contributed by atoms with E-state index in [4.69, 9.17) is 16.0 Å². The zero-order valence-corrected chi connectivity index (χ0v) is 14.8. The van der Waals surface area contributed by atoms with E-state index in [0.717, 1.165) is 49.1 Å². The van der Waals surface area contributed by atoms with Crippen molar-refractivity contribution in [2.45, 2.75) is 26.8 Å². The number of nitrogens with zero attached hydrogens (tertiary/aromatic N) is 3. The van der Waals surface area contributed by atoms with Gasteiger partial charge in [0.25, 0.3) is 0 Å². The average Bonchev–Trinajstić information content (AvgIpc) is 2.88. The van der Waals surface area contributed by atoms with Gasteiger partial charge in [-0.05, 0) is 25.5 Å². The van der Waals surface area contributed by atoms with E-state index < -0.39 is 0 Å². The predicted octanol–water partition coefficient (Wildman–Crippen LogP) is 2.83. The van der Waals surface area contributed by atoms with Crippen LogP contribution < -0.4 is 0 Å². The minimum atomic E-state index is 0.130. The number of aryl methyl sites for hydroxylation is 2. The molecule has 3 rings (SSSR count). The molecule has 0 bridgehead atoms. The maximum Gasteiger partial charge on any atom is 0.227 e. The Morgan fingerprint density at radius 2 is 1.92 bits per heavy atom. The van der Waals surface area contributed by atoms with Crippen molar-refractivity contribution >= 4 is 17.5 Å². The van der Waals surface area contributed by atoms with Gasteiger partial charge in [0.15, 0.2) is 0 Å². The lowest BCUT2D eigenvalue weighted by molar-refractivity contribution is -0.132. The molecule has 24 heavy (non-hydrogen) atoms. The first-order chi connectivity index (χ1) is 11.5. The van der Waals surface area contributed by atoms with Gasteiger partial charge in [-0.1, -0.05) is 29.8 Å². The molecule has 128 valence electrons. The zero-order chi connectivity index (χ0) is 17.1. The molecule has 0 unspecified atom stereocenters. The molecule has 0 radical (unpaired) electrons. The lowest BCUT2D eigenvalue weighted by Crippen LogP contribution is -2.48. The van der Waals surface area contributed by atoms with Gasteiger partial charge >= 0.3 is 0 Å². The standard InChI is InChI=1S/C18H22ClN3O2/c1-13-14(2)24-17(20-13)12-21-7-9-22(10-8-21)18(23)11-15-5-3-4-6-16(15)19/h3-6H,7-12H2,1-2H3. The van der Waals surface area contributed by atoms with Crippen LogP contribution in [0.15, 0.2) is 28.7 Å². The Morgan fingerprint density at radius 1 is 1.21 bits per heavy atom. The second-order valence-corrected chi connectivity index (χ2v) is 6.58. The summed E-state index contributed by atoms with van der Waals surface area (Å²) in [6, 6.07) is 7.51. The first-order valence-electron chi connectivity index (χ1n) is 8.19. The molecule has 1 aromatic carbocycles. The van der Waals surface area contributed by atoms with Crippen molar-refractivity contribution in [3.63, 3.8) is 0 Å². The smallest absolute Gasteiger partial charge is 0.227 e. The fourth-order valence-corrected chi connectivity index (χ4v) is 3.07. The van der Waals surface area contributed by atoms with Crippen LogP contribution in [0.4, 0.5) is 0 Å². The fourth-order valence-electron chi connectivity index (χ4n) is 2.87. The Balaban J connectivity index is 1.51. The van der Waals surface area contributed by atoms with Crippen molar-refractivity contribution in [2.24, 2.45) is 0 Å². The number of hydrogen-bond acceptors (Lipinski definition) is 4. The van der Waals surface area contributed by atoms with E-state index in [1.807, 2.05) is 43.0 Å². The molecule has 6 heteroatoms. The second-order valence-electron chi connectivity index (χ2n) is 6.17. The van der Waals surface area contributed by atoms with E-state index in [0.29, 0.717) is 18.0 Å². The molecule has 5 nitrogen and oxygen atoms in total. The number of piperazine rings is 1. The van der Waals surface area contributed by atoms with E-state index >= 15 is 0 Å². The topological polar surface area (TPSA) is 49.6 Å². The Labute approximate surface area is 147 Å². The van der Waals surface area contributed by atoms with Gasteiger partial charge < -0.3 is 9.32 Å². The van der Waals surface area contributed by atoms with Crippen molar-refractivity contribution in [1.29, 1.82) is 0 Å². The lowest BCUT2D eigenvalue weighted by atomic mass is 10.1. The van der Waals surface area contributed by atoms with Crippen LogP contribution >= 0.6 is 11.6 Å². The monoisotopic (exact) mass is 347 g/mol. The number of benzene rings is 1. The molecule has 1 fully saturated rings. The molecular formula is C18H22ClN3O2. The summed E-state index contributed by atoms with van der Waals surface area (Å²) in [6.45, 7) is 7.68. The Kier molecular flexibility index (Phi) is 5.21. The molecule has 1 amide bonds. The van der Waals surface area contributed by atoms with Gasteiger partial charge in [0.2, 0.25) is 11.8 Å². The van der Waals surface area contributed by atoms with Gasteiger partial charge in [-0.25, -0.2) is 4.98 Å². The molecule has 0 aliphatic carbocycles. The maximum atomic E-state index is 12.5. The van der Waals surface area contributed by atoms with Crippen LogP contribution in [-0.2, 0) is 17.8 Å². The van der Waals surface area contributed by atoms with Crippen molar-refractivity contribution in [1.82, 2.24) is 14.8 Å². The summed E-state index contributed by atoms with van der Waals surface area (Å²) in [6.07, 6.45) is 0.359. The Bertz CT molecular complexity index is 701. The number of halogens is 1. The summed E-state index contributed by atoms with van der Waals surface area (Å²) in [7, 11) is 0. The number of carbonyl (C=O) groups is 1. The highest BCUT2D eigenvalue weighted by Gasteiger charge is 2.22. The second kappa shape index (κ2) is 7.36. The molecule has 0 saturated carbocycles. The van der Waals surface area contributed by atoms with Gasteiger partial charge in [-0.2, -0.15) is 0 Å². The first-order valence-corrected chi connectivity index (χ1v) is 8.57. The molecule has 1 saturated heterocycles. The minimum Gasteiger partial charge on any atom is -0.444 e. The molecule has 1 aliphatic rings. The molecule has 1 aliphatic heterocycles. The zero-order valence-electron chi connectivity index (χ0n) is 14.1. The van der Waals surface area contributed by atoms with Crippen LogP contribution in [0.5, 0.6) is 0 Å². The third kappa shape index (κ3) is 3.97. The van der Waals surface area contributed by atoms with Crippen LogP contribution in [0.3, 0.4) is 0 Å². The number of oxazole rings is 1. The summed E-state index contributed by atoms with van der Waals surface area (Å²) < 4.78 is 5.64. The summed E-state index contributed by atoms with van der Waals surface area (Å²) in [5, 5.41) is 0.652. The molecule has 1 aromatic heterocycles. The van der Waals surface area contributed by atoms with E-state index in [1.54, 1.807) is 0 Å². The fraction of sp³-hybridized carbons (Fsp3) is 0.444. The third-order valence-electron chi connectivity index (χ3n) is 4.46. The quantitative estimate of drug-likeness (QED) is 0.853. The van der Waals surface area contributed by atoms with Crippen LogP contribution in [0.25, 0.3) is 0 Å². The van der Waals surface area contributed by atoms with E-state index in [1.165, 1.54) is 0 Å². The van der Waals surface area contributed by atoms with E-state index in [-0.39, 0.29) is 5.91 Å². The highest BCUT2D eigenvalue weighted by atomic mass is 35.5.